The van der Waals surface area contributed by atoms with E-state index >= 15 is 0 Å². The number of benzene rings is 1. The van der Waals surface area contributed by atoms with Crippen LogP contribution in [-0.4, -0.2) is 28.6 Å². The number of ether oxygens (including phenoxy) is 1. The Bertz CT molecular complexity index is 695. The predicted molar refractivity (Wildman–Crippen MR) is 83.8 cm³/mol. The van der Waals surface area contributed by atoms with Gasteiger partial charge in [-0.25, -0.2) is 0 Å². The van der Waals surface area contributed by atoms with Crippen molar-refractivity contribution < 1.29 is 18.8 Å². The highest BCUT2D eigenvalue weighted by molar-refractivity contribution is 5.81. The maximum absolute atomic E-state index is 11.7. The number of amides is 1. The number of hydrogen-bond donors (Lipinski definition) is 1. The van der Waals surface area contributed by atoms with Gasteiger partial charge in [0.15, 0.2) is 5.82 Å². The van der Waals surface area contributed by atoms with E-state index in [2.05, 4.69) is 15.5 Å². The normalized spacial score (nSPS) is 13.5. The van der Waals surface area contributed by atoms with E-state index in [1.165, 1.54) is 0 Å². The predicted octanol–water partition coefficient (Wildman–Crippen LogP) is 1.74. The highest BCUT2D eigenvalue weighted by Crippen LogP contribution is 2.38. The molecule has 3 rings (SSSR count). The Labute approximate surface area is 139 Å². The first-order valence-electron chi connectivity index (χ1n) is 7.99. The van der Waals surface area contributed by atoms with Crippen LogP contribution in [0.5, 0.6) is 0 Å². The number of aromatic nitrogens is 2. The van der Waals surface area contributed by atoms with E-state index in [1.807, 2.05) is 30.3 Å². The first-order chi connectivity index (χ1) is 11.7. The second kappa shape index (κ2) is 7.72. The molecule has 0 saturated heterocycles. The minimum absolute atomic E-state index is 0.150. The quantitative estimate of drug-likeness (QED) is 0.741. The molecule has 1 amide bonds. The topological polar surface area (TPSA) is 94.3 Å². The zero-order valence-electron chi connectivity index (χ0n) is 13.2. The van der Waals surface area contributed by atoms with Gasteiger partial charge in [0.1, 0.15) is 13.2 Å². The standard InChI is InChI=1S/C17H19N3O4/c21-14(8-9-15-19-17(20-24-15)13-6-7-13)18-10-16(22)23-11-12-4-2-1-3-5-12/h1-5,13H,6-11H2,(H,18,21). The van der Waals surface area contributed by atoms with Crippen molar-refractivity contribution in [3.05, 3.63) is 47.6 Å². The smallest absolute Gasteiger partial charge is 0.325 e. The molecule has 0 aliphatic heterocycles. The van der Waals surface area contributed by atoms with Crippen molar-refractivity contribution in [3.63, 3.8) is 0 Å². The van der Waals surface area contributed by atoms with Crippen LogP contribution in [0.15, 0.2) is 34.9 Å². The molecule has 1 fully saturated rings. The largest absolute Gasteiger partial charge is 0.460 e. The second-order valence-corrected chi connectivity index (χ2v) is 5.74. The maximum atomic E-state index is 11.7. The van der Waals surface area contributed by atoms with Crippen LogP contribution in [0.1, 0.15) is 42.5 Å². The van der Waals surface area contributed by atoms with Crippen LogP contribution in [0.3, 0.4) is 0 Å². The summed E-state index contributed by atoms with van der Waals surface area (Å²) in [5, 5.41) is 6.42. The lowest BCUT2D eigenvalue weighted by Gasteiger charge is -2.06. The monoisotopic (exact) mass is 329 g/mol. The Morgan fingerprint density at radius 2 is 2.04 bits per heavy atom. The molecule has 1 aliphatic rings. The highest BCUT2D eigenvalue weighted by Gasteiger charge is 2.28. The molecule has 1 aromatic heterocycles. The van der Waals surface area contributed by atoms with Crippen LogP contribution in [0.25, 0.3) is 0 Å². The Hall–Kier alpha value is -2.70. The lowest BCUT2D eigenvalue weighted by Crippen LogP contribution is -2.30. The summed E-state index contributed by atoms with van der Waals surface area (Å²) in [7, 11) is 0. The number of carbonyl (C=O) groups is 2. The minimum atomic E-state index is -0.471. The molecular weight excluding hydrogens is 310 g/mol. The van der Waals surface area contributed by atoms with E-state index in [9.17, 15) is 9.59 Å². The van der Waals surface area contributed by atoms with Crippen molar-refractivity contribution in [2.24, 2.45) is 0 Å². The van der Waals surface area contributed by atoms with Crippen molar-refractivity contribution in [1.29, 1.82) is 0 Å². The minimum Gasteiger partial charge on any atom is -0.460 e. The van der Waals surface area contributed by atoms with Gasteiger partial charge in [0.25, 0.3) is 0 Å². The number of esters is 1. The van der Waals surface area contributed by atoms with Crippen molar-refractivity contribution in [3.8, 4) is 0 Å². The highest BCUT2D eigenvalue weighted by atomic mass is 16.5. The molecule has 1 N–H and O–H groups in total. The number of carbonyl (C=O) groups excluding carboxylic acids is 2. The van der Waals surface area contributed by atoms with Gasteiger partial charge in [-0.05, 0) is 18.4 Å². The summed E-state index contributed by atoms with van der Waals surface area (Å²) in [4.78, 5) is 27.6. The Morgan fingerprint density at radius 1 is 1.25 bits per heavy atom. The van der Waals surface area contributed by atoms with Crippen molar-refractivity contribution in [2.45, 2.75) is 38.2 Å². The van der Waals surface area contributed by atoms with E-state index < -0.39 is 5.97 Å². The molecule has 0 unspecified atom stereocenters. The van der Waals surface area contributed by atoms with Crippen LogP contribution in [0, 0.1) is 0 Å². The third kappa shape index (κ3) is 4.91. The molecule has 1 aromatic carbocycles. The fourth-order valence-electron chi connectivity index (χ4n) is 2.15. The number of nitrogens with zero attached hydrogens (tertiary/aromatic N) is 2. The molecule has 1 saturated carbocycles. The van der Waals surface area contributed by atoms with E-state index in [1.54, 1.807) is 0 Å². The lowest BCUT2D eigenvalue weighted by molar-refractivity contribution is -0.145. The fraction of sp³-hybridized carbons (Fsp3) is 0.412. The summed E-state index contributed by atoms with van der Waals surface area (Å²) in [6, 6.07) is 9.37. The molecule has 24 heavy (non-hydrogen) atoms. The van der Waals surface area contributed by atoms with Gasteiger partial charge in [0.2, 0.25) is 11.8 Å². The number of nitrogens with one attached hydrogen (secondary N) is 1. The van der Waals surface area contributed by atoms with E-state index in [4.69, 9.17) is 9.26 Å². The van der Waals surface area contributed by atoms with Crippen LogP contribution >= 0.6 is 0 Å². The van der Waals surface area contributed by atoms with Gasteiger partial charge in [0, 0.05) is 18.8 Å². The molecule has 0 spiro atoms. The molecule has 1 aliphatic carbocycles. The van der Waals surface area contributed by atoms with E-state index in [-0.39, 0.29) is 25.5 Å². The molecule has 0 atom stereocenters. The first-order valence-corrected chi connectivity index (χ1v) is 7.99. The number of hydrogen-bond acceptors (Lipinski definition) is 6. The van der Waals surface area contributed by atoms with Gasteiger partial charge < -0.3 is 14.6 Å². The number of rotatable bonds is 8. The lowest BCUT2D eigenvalue weighted by atomic mass is 10.2. The van der Waals surface area contributed by atoms with E-state index in [0.717, 1.165) is 24.2 Å². The number of aryl methyl sites for hydroxylation is 1. The first kappa shape index (κ1) is 16.2. The Morgan fingerprint density at radius 3 is 2.79 bits per heavy atom. The zero-order chi connectivity index (χ0) is 16.8. The van der Waals surface area contributed by atoms with Gasteiger partial charge in [0.05, 0.1) is 0 Å². The van der Waals surface area contributed by atoms with Gasteiger partial charge in [-0.3, -0.25) is 9.59 Å². The summed E-state index contributed by atoms with van der Waals surface area (Å²) in [5.74, 6) is 0.892. The molecule has 7 heteroatoms. The SMILES string of the molecule is O=C(CCc1nc(C2CC2)no1)NCC(=O)OCc1ccccc1. The third-order valence-electron chi connectivity index (χ3n) is 3.66. The summed E-state index contributed by atoms with van der Waals surface area (Å²) in [6.07, 6.45) is 2.76. The van der Waals surface area contributed by atoms with Gasteiger partial charge >= 0.3 is 5.97 Å². The van der Waals surface area contributed by atoms with Crippen LogP contribution in [0.4, 0.5) is 0 Å². The summed E-state index contributed by atoms with van der Waals surface area (Å²) < 4.78 is 10.2. The Kier molecular flexibility index (Phi) is 5.20. The van der Waals surface area contributed by atoms with Crippen LogP contribution in [0.2, 0.25) is 0 Å². The van der Waals surface area contributed by atoms with Crippen molar-refractivity contribution in [1.82, 2.24) is 15.5 Å². The van der Waals surface area contributed by atoms with Gasteiger partial charge in [-0.1, -0.05) is 35.5 Å². The maximum Gasteiger partial charge on any atom is 0.325 e. The van der Waals surface area contributed by atoms with Crippen molar-refractivity contribution >= 4 is 11.9 Å². The average Bonchev–Trinajstić information content (AvgIpc) is 3.35. The third-order valence-corrected chi connectivity index (χ3v) is 3.66. The van der Waals surface area contributed by atoms with Gasteiger partial charge in [-0.2, -0.15) is 4.98 Å². The van der Waals surface area contributed by atoms with Crippen LogP contribution in [-0.2, 0) is 27.4 Å². The second-order valence-electron chi connectivity index (χ2n) is 5.74. The average molecular weight is 329 g/mol. The fourth-order valence-corrected chi connectivity index (χ4v) is 2.15. The molecular formula is C17H19N3O4. The molecule has 126 valence electrons. The molecule has 0 bridgehead atoms. The van der Waals surface area contributed by atoms with Crippen molar-refractivity contribution in [2.75, 3.05) is 6.54 Å². The van der Waals surface area contributed by atoms with Gasteiger partial charge in [-0.15, -0.1) is 0 Å². The summed E-state index contributed by atoms with van der Waals surface area (Å²) in [6.45, 7) is 0.0459. The zero-order valence-corrected chi connectivity index (χ0v) is 13.2. The summed E-state index contributed by atoms with van der Waals surface area (Å²) >= 11 is 0. The molecule has 2 aromatic rings. The van der Waals surface area contributed by atoms with Crippen LogP contribution < -0.4 is 5.32 Å². The van der Waals surface area contributed by atoms with E-state index in [0.29, 0.717) is 18.2 Å². The molecule has 7 nitrogen and oxygen atoms in total. The Balaban J connectivity index is 1.32. The molecule has 1 heterocycles. The molecule has 0 radical (unpaired) electrons. The summed E-state index contributed by atoms with van der Waals surface area (Å²) in [5.41, 5.74) is 0.903.